The fraction of sp³-hybridized carbons (Fsp3) is 0.455. The van der Waals surface area contributed by atoms with E-state index >= 15 is 0 Å². The largest absolute Gasteiger partial charge is 0.463 e. The molecular weight excluding hydrogens is 224 g/mol. The first-order valence-corrected chi connectivity index (χ1v) is 5.16. The molecule has 0 aliphatic rings. The summed E-state index contributed by atoms with van der Waals surface area (Å²) in [5, 5.41) is 4.09. The summed E-state index contributed by atoms with van der Waals surface area (Å²) in [6, 6.07) is 0. The maximum atomic E-state index is 11.8. The summed E-state index contributed by atoms with van der Waals surface area (Å²) in [6.45, 7) is 1.86. The van der Waals surface area contributed by atoms with Crippen LogP contribution in [-0.2, 0) is 27.8 Å². The molecule has 1 heterocycles. The maximum Gasteiger partial charge on any atom is 0.374 e. The molecule has 0 bridgehead atoms. The van der Waals surface area contributed by atoms with Gasteiger partial charge < -0.3 is 4.74 Å². The van der Waals surface area contributed by atoms with Crippen molar-refractivity contribution in [3.8, 4) is 0 Å². The lowest BCUT2D eigenvalue weighted by molar-refractivity contribution is -0.151. The fourth-order valence-electron chi connectivity index (χ4n) is 1.46. The third-order valence-electron chi connectivity index (χ3n) is 2.27. The molecular formula is C11H14N2O4. The first-order valence-electron chi connectivity index (χ1n) is 5.16. The Balaban J connectivity index is 2.83. The molecule has 0 fully saturated rings. The van der Waals surface area contributed by atoms with Gasteiger partial charge in [0, 0.05) is 13.2 Å². The fourth-order valence-corrected chi connectivity index (χ4v) is 1.46. The van der Waals surface area contributed by atoms with E-state index in [1.54, 1.807) is 13.2 Å². The molecule has 1 rings (SSSR count). The van der Waals surface area contributed by atoms with Crippen LogP contribution in [0.25, 0.3) is 0 Å². The van der Waals surface area contributed by atoms with Crippen LogP contribution < -0.4 is 0 Å². The van der Waals surface area contributed by atoms with E-state index in [0.29, 0.717) is 17.7 Å². The third-order valence-corrected chi connectivity index (χ3v) is 2.27. The second-order valence-corrected chi connectivity index (χ2v) is 3.53. The Morgan fingerprint density at radius 1 is 1.41 bits per heavy atom. The number of hydrogen-bond acceptors (Lipinski definition) is 5. The van der Waals surface area contributed by atoms with E-state index in [0.717, 1.165) is 7.11 Å². The van der Waals surface area contributed by atoms with Crippen LogP contribution in [0.1, 0.15) is 29.4 Å². The minimum Gasteiger partial charge on any atom is -0.463 e. The van der Waals surface area contributed by atoms with Crippen molar-refractivity contribution in [2.75, 3.05) is 7.11 Å². The number of nitrogens with zero attached hydrogens (tertiary/aromatic N) is 2. The smallest absolute Gasteiger partial charge is 0.374 e. The Labute approximate surface area is 98.6 Å². The number of aryl methyl sites for hydroxylation is 2. The van der Waals surface area contributed by atoms with Gasteiger partial charge in [0.25, 0.3) is 0 Å². The number of hydrogen-bond donors (Lipinski definition) is 0. The number of carbonyl (C=O) groups excluding carboxylic acids is 3. The van der Waals surface area contributed by atoms with Gasteiger partial charge in [-0.05, 0) is 6.42 Å². The number of carbonyl (C=O) groups is 3. The monoisotopic (exact) mass is 238 g/mol. The average molecular weight is 238 g/mol. The highest BCUT2D eigenvalue weighted by Gasteiger charge is 2.22. The van der Waals surface area contributed by atoms with Crippen LogP contribution in [0.3, 0.4) is 0 Å². The van der Waals surface area contributed by atoms with Crippen LogP contribution in [0.2, 0.25) is 0 Å². The van der Waals surface area contributed by atoms with Crippen molar-refractivity contribution in [1.82, 2.24) is 9.78 Å². The van der Waals surface area contributed by atoms with Crippen molar-refractivity contribution in [3.63, 3.8) is 0 Å². The number of ether oxygens (including phenoxy) is 1. The van der Waals surface area contributed by atoms with Crippen LogP contribution >= 0.6 is 0 Å². The van der Waals surface area contributed by atoms with Crippen molar-refractivity contribution in [2.24, 2.45) is 7.05 Å². The summed E-state index contributed by atoms with van der Waals surface area (Å²) in [7, 11) is 2.80. The minimum atomic E-state index is -1.000. The number of ketones is 2. The molecule has 0 N–H and O–H groups in total. The summed E-state index contributed by atoms with van der Waals surface area (Å²) in [6.07, 6.45) is 1.66. The zero-order valence-electron chi connectivity index (χ0n) is 10.0. The third kappa shape index (κ3) is 2.99. The number of methoxy groups -OCH3 is 1. The zero-order valence-corrected chi connectivity index (χ0v) is 10.0. The SMILES string of the molecule is CCc1nn(C)cc1C(=O)CC(=O)C(=O)OC. The highest BCUT2D eigenvalue weighted by Crippen LogP contribution is 2.10. The lowest BCUT2D eigenvalue weighted by atomic mass is 10.1. The van der Waals surface area contributed by atoms with Gasteiger partial charge in [-0.2, -0.15) is 5.10 Å². The highest BCUT2D eigenvalue weighted by molar-refractivity contribution is 6.38. The highest BCUT2D eigenvalue weighted by atomic mass is 16.5. The molecule has 6 nitrogen and oxygen atoms in total. The average Bonchev–Trinajstić information content (AvgIpc) is 2.69. The van der Waals surface area contributed by atoms with E-state index in [1.165, 1.54) is 4.68 Å². The van der Waals surface area contributed by atoms with E-state index in [4.69, 9.17) is 0 Å². The van der Waals surface area contributed by atoms with Crippen LogP contribution in [0, 0.1) is 0 Å². The minimum absolute atomic E-state index is 0.382. The Morgan fingerprint density at radius 2 is 2.06 bits per heavy atom. The molecule has 6 heteroatoms. The second kappa shape index (κ2) is 5.38. The van der Waals surface area contributed by atoms with Gasteiger partial charge in [-0.1, -0.05) is 6.92 Å². The van der Waals surface area contributed by atoms with Crippen LogP contribution in [-0.4, -0.2) is 34.4 Å². The summed E-state index contributed by atoms with van der Waals surface area (Å²) in [5.41, 5.74) is 1.00. The summed E-state index contributed by atoms with van der Waals surface area (Å²) in [4.78, 5) is 33.9. The van der Waals surface area contributed by atoms with Gasteiger partial charge in [-0.3, -0.25) is 14.3 Å². The predicted octanol–water partition coefficient (Wildman–Crippen LogP) is 0.297. The first-order chi connectivity index (χ1) is 7.99. The lowest BCUT2D eigenvalue weighted by Crippen LogP contribution is -2.19. The molecule has 0 amide bonds. The molecule has 0 aliphatic carbocycles. The molecule has 92 valence electrons. The van der Waals surface area contributed by atoms with Gasteiger partial charge in [0.05, 0.1) is 24.8 Å². The quantitative estimate of drug-likeness (QED) is 0.319. The number of aromatic nitrogens is 2. The summed E-state index contributed by atoms with van der Waals surface area (Å²) in [5.74, 6) is -2.26. The molecule has 0 atom stereocenters. The van der Waals surface area contributed by atoms with Crippen LogP contribution in [0.5, 0.6) is 0 Å². The molecule has 0 radical (unpaired) electrons. The zero-order chi connectivity index (χ0) is 13.0. The van der Waals surface area contributed by atoms with Crippen molar-refractivity contribution >= 4 is 17.5 Å². The molecule has 0 saturated carbocycles. The standard InChI is InChI=1S/C11H14N2O4/c1-4-8-7(6-13(2)12-8)9(14)5-10(15)11(16)17-3/h6H,4-5H2,1-3H3. The van der Waals surface area contributed by atoms with Crippen molar-refractivity contribution in [2.45, 2.75) is 19.8 Å². The normalized spacial score (nSPS) is 10.1. The number of rotatable bonds is 5. The maximum absolute atomic E-state index is 11.8. The van der Waals surface area contributed by atoms with Gasteiger partial charge in [-0.25, -0.2) is 4.79 Å². The molecule has 1 aromatic rings. The molecule has 0 saturated heterocycles. The van der Waals surface area contributed by atoms with Crippen molar-refractivity contribution in [1.29, 1.82) is 0 Å². The van der Waals surface area contributed by atoms with E-state index < -0.39 is 24.0 Å². The first kappa shape index (κ1) is 13.1. The Kier molecular flexibility index (Phi) is 4.14. The molecule has 0 aliphatic heterocycles. The molecule has 1 aromatic heterocycles. The molecule has 0 unspecified atom stereocenters. The van der Waals surface area contributed by atoms with Gasteiger partial charge in [0.1, 0.15) is 0 Å². The Hall–Kier alpha value is -1.98. The van der Waals surface area contributed by atoms with Crippen LogP contribution in [0.15, 0.2) is 6.20 Å². The van der Waals surface area contributed by atoms with E-state index in [1.807, 2.05) is 6.92 Å². The van der Waals surface area contributed by atoms with Crippen LogP contribution in [0.4, 0.5) is 0 Å². The van der Waals surface area contributed by atoms with Gasteiger partial charge in [-0.15, -0.1) is 0 Å². The Morgan fingerprint density at radius 3 is 2.59 bits per heavy atom. The van der Waals surface area contributed by atoms with Gasteiger partial charge in [0.2, 0.25) is 5.78 Å². The van der Waals surface area contributed by atoms with Gasteiger partial charge in [0.15, 0.2) is 5.78 Å². The van der Waals surface area contributed by atoms with E-state index in [9.17, 15) is 14.4 Å². The summed E-state index contributed by atoms with van der Waals surface area (Å²) < 4.78 is 5.76. The van der Waals surface area contributed by atoms with Crippen molar-refractivity contribution < 1.29 is 19.1 Å². The van der Waals surface area contributed by atoms with E-state index in [2.05, 4.69) is 9.84 Å². The topological polar surface area (TPSA) is 78.3 Å². The van der Waals surface area contributed by atoms with Crippen molar-refractivity contribution in [3.05, 3.63) is 17.5 Å². The number of esters is 1. The lowest BCUT2D eigenvalue weighted by Gasteiger charge is -1.98. The van der Waals surface area contributed by atoms with Gasteiger partial charge >= 0.3 is 5.97 Å². The molecule has 0 spiro atoms. The Bertz CT molecular complexity index is 462. The molecule has 17 heavy (non-hydrogen) atoms. The predicted molar refractivity (Wildman–Crippen MR) is 58.6 cm³/mol. The molecule has 0 aromatic carbocycles. The second-order valence-electron chi connectivity index (χ2n) is 3.53. The summed E-state index contributed by atoms with van der Waals surface area (Å²) >= 11 is 0. The van der Waals surface area contributed by atoms with E-state index in [-0.39, 0.29) is 0 Å². The number of Topliss-reactive ketones (excluding diaryl/α,β-unsaturated/α-hetero) is 2.